The summed E-state index contributed by atoms with van der Waals surface area (Å²) in [6.07, 6.45) is 6.77. The van der Waals surface area contributed by atoms with Gasteiger partial charge in [-0.15, -0.1) is 0 Å². The monoisotopic (exact) mass is 439 g/mol. The number of nitrogens with zero attached hydrogens (tertiary/aromatic N) is 3. The Hall–Kier alpha value is -3.31. The molecule has 0 saturated carbocycles. The molecule has 0 N–H and O–H groups in total. The van der Waals surface area contributed by atoms with E-state index in [4.69, 9.17) is 9.47 Å². The first-order valence-corrected chi connectivity index (χ1v) is 11.8. The third-order valence-corrected chi connectivity index (χ3v) is 7.46. The normalized spacial score (nSPS) is 24.2. The minimum absolute atomic E-state index is 0.250. The number of ether oxygens (including phenoxy) is 2. The van der Waals surface area contributed by atoms with Crippen molar-refractivity contribution in [2.75, 3.05) is 20.2 Å². The van der Waals surface area contributed by atoms with Crippen molar-refractivity contribution in [1.29, 1.82) is 0 Å². The van der Waals surface area contributed by atoms with Crippen molar-refractivity contribution < 1.29 is 9.47 Å². The van der Waals surface area contributed by atoms with Gasteiger partial charge in [0.15, 0.2) is 0 Å². The fourth-order valence-electron chi connectivity index (χ4n) is 5.50. The molecule has 5 heteroatoms. The second kappa shape index (κ2) is 8.23. The van der Waals surface area contributed by atoms with Crippen LogP contribution in [0.2, 0.25) is 0 Å². The summed E-state index contributed by atoms with van der Waals surface area (Å²) in [6, 6.07) is 21.5. The summed E-state index contributed by atoms with van der Waals surface area (Å²) in [5.74, 6) is 2.25. The van der Waals surface area contributed by atoms with Crippen LogP contribution in [0.15, 0.2) is 73.1 Å². The van der Waals surface area contributed by atoms with E-state index in [1.54, 1.807) is 7.11 Å². The van der Waals surface area contributed by atoms with Crippen LogP contribution in [-0.2, 0) is 0 Å². The van der Waals surface area contributed by atoms with Gasteiger partial charge in [0.05, 0.1) is 12.6 Å². The zero-order chi connectivity index (χ0) is 22.4. The van der Waals surface area contributed by atoms with Gasteiger partial charge in [-0.2, -0.15) is 0 Å². The lowest BCUT2D eigenvalue weighted by Gasteiger charge is -2.49. The van der Waals surface area contributed by atoms with Gasteiger partial charge >= 0.3 is 0 Å². The summed E-state index contributed by atoms with van der Waals surface area (Å²) >= 11 is 0. The number of pyridine rings is 1. The lowest BCUT2D eigenvalue weighted by atomic mass is 9.81. The van der Waals surface area contributed by atoms with E-state index >= 15 is 0 Å². The van der Waals surface area contributed by atoms with Gasteiger partial charge < -0.3 is 14.0 Å². The second-order valence-corrected chi connectivity index (χ2v) is 9.24. The molecule has 0 unspecified atom stereocenters. The van der Waals surface area contributed by atoms with Crippen molar-refractivity contribution in [1.82, 2.24) is 14.5 Å². The van der Waals surface area contributed by atoms with Crippen LogP contribution in [0.5, 0.6) is 11.6 Å². The van der Waals surface area contributed by atoms with Crippen LogP contribution in [0.4, 0.5) is 0 Å². The highest BCUT2D eigenvalue weighted by Gasteiger charge is 2.41. The van der Waals surface area contributed by atoms with Gasteiger partial charge in [0.2, 0.25) is 5.88 Å². The number of benzene rings is 2. The number of hydrogen-bond donors (Lipinski definition) is 0. The summed E-state index contributed by atoms with van der Waals surface area (Å²) < 4.78 is 13.8. The maximum absolute atomic E-state index is 6.37. The molecule has 0 amide bonds. The average molecular weight is 440 g/mol. The predicted molar refractivity (Wildman–Crippen MR) is 131 cm³/mol. The van der Waals surface area contributed by atoms with Gasteiger partial charge in [-0.25, -0.2) is 4.98 Å². The van der Waals surface area contributed by atoms with E-state index in [-0.39, 0.29) is 6.10 Å². The van der Waals surface area contributed by atoms with Crippen molar-refractivity contribution in [3.63, 3.8) is 0 Å². The Morgan fingerprint density at radius 2 is 1.70 bits per heavy atom. The molecule has 3 aliphatic rings. The molecule has 3 fully saturated rings. The van der Waals surface area contributed by atoms with E-state index < -0.39 is 0 Å². The minimum atomic E-state index is 0.250. The quantitative estimate of drug-likeness (QED) is 0.408. The van der Waals surface area contributed by atoms with Crippen LogP contribution in [0.25, 0.3) is 27.7 Å². The highest BCUT2D eigenvalue weighted by atomic mass is 16.5. The van der Waals surface area contributed by atoms with Gasteiger partial charge in [-0.3, -0.25) is 4.90 Å². The first kappa shape index (κ1) is 20.3. The molecule has 168 valence electrons. The minimum Gasteiger partial charge on any atom is -0.497 e. The van der Waals surface area contributed by atoms with E-state index in [1.807, 2.05) is 24.4 Å². The standard InChI is InChI=1S/C28H29N3O2/c1-19-28(20-11-14-30(19)15-12-20)33-27-10-4-23(18-29-27)21-3-9-26-22(17-21)13-16-31(26)24-5-7-25(32-2)8-6-24/h3-10,13,16-20,28H,11-12,14-15H2,1-2H3/t19-,28-/m0/s1. The number of piperidine rings is 3. The molecule has 33 heavy (non-hydrogen) atoms. The Morgan fingerprint density at radius 1 is 0.909 bits per heavy atom. The van der Waals surface area contributed by atoms with Crippen LogP contribution < -0.4 is 9.47 Å². The molecule has 4 aromatic rings. The van der Waals surface area contributed by atoms with Crippen LogP contribution in [0.1, 0.15) is 19.8 Å². The van der Waals surface area contributed by atoms with Crippen molar-refractivity contribution >= 4 is 10.9 Å². The zero-order valence-corrected chi connectivity index (χ0v) is 19.1. The van der Waals surface area contributed by atoms with E-state index in [9.17, 15) is 0 Å². The van der Waals surface area contributed by atoms with Gasteiger partial charge in [0.1, 0.15) is 11.9 Å². The Labute approximate surface area is 194 Å². The maximum atomic E-state index is 6.37. The molecule has 5 nitrogen and oxygen atoms in total. The Bertz CT molecular complexity index is 1250. The topological polar surface area (TPSA) is 39.5 Å². The molecule has 0 aliphatic carbocycles. The molecule has 2 aromatic carbocycles. The molecule has 0 radical (unpaired) electrons. The van der Waals surface area contributed by atoms with Gasteiger partial charge in [-0.05, 0) is 92.9 Å². The Balaban J connectivity index is 1.22. The number of hydrogen-bond acceptors (Lipinski definition) is 4. The number of aromatic nitrogens is 2. The second-order valence-electron chi connectivity index (χ2n) is 9.24. The van der Waals surface area contributed by atoms with E-state index in [1.165, 1.54) is 36.8 Å². The SMILES string of the molecule is COc1ccc(-n2ccc3cc(-c4ccc(O[C@@H]5C6CCN(CC6)[C@H]5C)nc4)ccc32)cc1. The summed E-state index contributed by atoms with van der Waals surface area (Å²) in [7, 11) is 1.69. The molecule has 0 spiro atoms. The van der Waals surface area contributed by atoms with E-state index in [0.717, 1.165) is 28.4 Å². The van der Waals surface area contributed by atoms with Crippen molar-refractivity contribution in [2.24, 2.45) is 5.92 Å². The smallest absolute Gasteiger partial charge is 0.213 e. The molecule has 2 bridgehead atoms. The van der Waals surface area contributed by atoms with E-state index in [0.29, 0.717) is 12.0 Å². The fourth-order valence-corrected chi connectivity index (χ4v) is 5.50. The first-order valence-electron chi connectivity index (χ1n) is 11.8. The summed E-state index contributed by atoms with van der Waals surface area (Å²) in [5, 5.41) is 1.20. The summed E-state index contributed by atoms with van der Waals surface area (Å²) in [6.45, 7) is 4.71. The van der Waals surface area contributed by atoms with Crippen LogP contribution in [0, 0.1) is 5.92 Å². The van der Waals surface area contributed by atoms with Crippen LogP contribution >= 0.6 is 0 Å². The lowest BCUT2D eigenvalue weighted by Crippen LogP contribution is -2.58. The maximum Gasteiger partial charge on any atom is 0.213 e. The predicted octanol–water partition coefficient (Wildman–Crippen LogP) is 5.56. The summed E-state index contributed by atoms with van der Waals surface area (Å²) in [4.78, 5) is 7.21. The third kappa shape index (κ3) is 3.66. The molecule has 5 heterocycles. The van der Waals surface area contributed by atoms with Gasteiger partial charge in [-0.1, -0.05) is 6.07 Å². The molecule has 2 atom stereocenters. The molecular formula is C28H29N3O2. The number of methoxy groups -OCH3 is 1. The number of fused-ring (bicyclic) bond motifs is 4. The first-order chi connectivity index (χ1) is 16.2. The largest absolute Gasteiger partial charge is 0.497 e. The summed E-state index contributed by atoms with van der Waals surface area (Å²) in [5.41, 5.74) is 4.55. The Kier molecular flexibility index (Phi) is 5.07. The van der Waals surface area contributed by atoms with Crippen molar-refractivity contribution in [2.45, 2.75) is 31.9 Å². The van der Waals surface area contributed by atoms with Crippen molar-refractivity contribution in [3.05, 3.63) is 73.1 Å². The molecule has 3 aliphatic heterocycles. The third-order valence-electron chi connectivity index (χ3n) is 7.46. The van der Waals surface area contributed by atoms with Gasteiger partial charge in [0.25, 0.3) is 0 Å². The highest BCUT2D eigenvalue weighted by molar-refractivity contribution is 5.87. The highest BCUT2D eigenvalue weighted by Crippen LogP contribution is 2.35. The average Bonchev–Trinajstić information content (AvgIpc) is 3.30. The number of rotatable bonds is 5. The lowest BCUT2D eigenvalue weighted by molar-refractivity contribution is -0.0525. The van der Waals surface area contributed by atoms with Crippen molar-refractivity contribution in [3.8, 4) is 28.4 Å². The zero-order valence-electron chi connectivity index (χ0n) is 19.1. The van der Waals surface area contributed by atoms with Crippen LogP contribution in [0.3, 0.4) is 0 Å². The Morgan fingerprint density at radius 3 is 2.39 bits per heavy atom. The van der Waals surface area contributed by atoms with Gasteiger partial charge in [0, 0.05) is 41.1 Å². The molecule has 7 rings (SSSR count). The molecule has 3 saturated heterocycles. The van der Waals surface area contributed by atoms with E-state index in [2.05, 4.69) is 70.0 Å². The molecule has 2 aromatic heterocycles. The molecular weight excluding hydrogens is 410 g/mol. The van der Waals surface area contributed by atoms with Crippen LogP contribution in [-0.4, -0.2) is 46.8 Å². The fraction of sp³-hybridized carbons (Fsp3) is 0.321.